The minimum absolute atomic E-state index is 0.0759. The van der Waals surface area contributed by atoms with Gasteiger partial charge < -0.3 is 10.2 Å². The van der Waals surface area contributed by atoms with E-state index >= 15 is 0 Å². The summed E-state index contributed by atoms with van der Waals surface area (Å²) in [5, 5.41) is 3.02. The van der Waals surface area contributed by atoms with Crippen LogP contribution in [0.2, 0.25) is 0 Å². The number of nitrogens with one attached hydrogen (secondary N) is 1. The van der Waals surface area contributed by atoms with Gasteiger partial charge in [0.1, 0.15) is 12.6 Å². The minimum Gasteiger partial charge on any atom is -0.354 e. The van der Waals surface area contributed by atoms with Gasteiger partial charge >= 0.3 is 0 Å². The molecule has 4 aromatic carbocycles. The van der Waals surface area contributed by atoms with E-state index in [-0.39, 0.29) is 29.7 Å². The molecule has 0 aromatic heterocycles. The molecule has 4 aromatic rings. The average Bonchev–Trinajstić information content (AvgIpc) is 3.01. The fraction of sp³-hybridized carbons (Fsp3) is 0.278. The van der Waals surface area contributed by atoms with E-state index in [0.29, 0.717) is 12.2 Å². The molecule has 0 heterocycles. The summed E-state index contributed by atoms with van der Waals surface area (Å²) in [6.45, 7) is 7.87. The van der Waals surface area contributed by atoms with Gasteiger partial charge in [-0.3, -0.25) is 13.9 Å². The first kappa shape index (κ1) is 33.9. The SMILES string of the molecule is Cc1cc(C)cc(N(CC(=O)N(Cc2ccc(Br)cc2)[C@@H](Cc2ccccc2)C(=O)NCC(C)C)S(=O)(=O)c2ccccc2)c1. The Morgan fingerprint density at radius 1 is 0.800 bits per heavy atom. The second-order valence-electron chi connectivity index (χ2n) is 11.7. The molecule has 2 amide bonds. The number of anilines is 1. The van der Waals surface area contributed by atoms with Gasteiger partial charge in [0.2, 0.25) is 11.8 Å². The number of sulfonamides is 1. The molecule has 0 spiro atoms. The zero-order valence-electron chi connectivity index (χ0n) is 26.1. The normalized spacial score (nSPS) is 12.0. The summed E-state index contributed by atoms with van der Waals surface area (Å²) in [6.07, 6.45) is 0.266. The molecule has 0 aliphatic carbocycles. The van der Waals surface area contributed by atoms with Crippen LogP contribution in [0.4, 0.5) is 5.69 Å². The van der Waals surface area contributed by atoms with Crippen LogP contribution in [0.3, 0.4) is 0 Å². The highest BCUT2D eigenvalue weighted by Crippen LogP contribution is 2.27. The van der Waals surface area contributed by atoms with Gasteiger partial charge in [-0.05, 0) is 78.4 Å². The average molecular weight is 691 g/mol. The van der Waals surface area contributed by atoms with E-state index in [4.69, 9.17) is 0 Å². The number of carbonyl (C=O) groups is 2. The Hall–Kier alpha value is -3.95. The van der Waals surface area contributed by atoms with Gasteiger partial charge in [0.15, 0.2) is 0 Å². The van der Waals surface area contributed by atoms with Gasteiger partial charge in [0.05, 0.1) is 10.6 Å². The maximum absolute atomic E-state index is 14.6. The lowest BCUT2D eigenvalue weighted by atomic mass is 10.0. The van der Waals surface area contributed by atoms with Crippen LogP contribution in [-0.4, -0.2) is 44.3 Å². The lowest BCUT2D eigenvalue weighted by Gasteiger charge is -2.34. The standard InChI is InChI=1S/C36H40BrN3O4S/c1-26(2)23-38-36(42)34(22-29-11-7-5-8-12-29)39(24-30-15-17-31(37)18-16-30)35(41)25-40(32-20-27(3)19-28(4)21-32)45(43,44)33-13-9-6-10-14-33/h5-21,26,34H,22-25H2,1-4H3,(H,38,42)/t34-/m0/s1. The first-order valence-electron chi connectivity index (χ1n) is 15.0. The van der Waals surface area contributed by atoms with Gasteiger partial charge in [0, 0.05) is 24.0 Å². The van der Waals surface area contributed by atoms with E-state index < -0.39 is 28.5 Å². The molecule has 7 nitrogen and oxygen atoms in total. The van der Waals surface area contributed by atoms with Crippen molar-refractivity contribution >= 4 is 43.5 Å². The number of aryl methyl sites for hydroxylation is 2. The molecule has 9 heteroatoms. The van der Waals surface area contributed by atoms with Crippen LogP contribution in [0.25, 0.3) is 0 Å². The first-order chi connectivity index (χ1) is 21.4. The van der Waals surface area contributed by atoms with Crippen LogP contribution >= 0.6 is 15.9 Å². The third kappa shape index (κ3) is 9.28. The Morgan fingerprint density at radius 3 is 1.96 bits per heavy atom. The summed E-state index contributed by atoms with van der Waals surface area (Å²) in [7, 11) is -4.14. The van der Waals surface area contributed by atoms with E-state index in [0.717, 1.165) is 31.0 Å². The van der Waals surface area contributed by atoms with Crippen molar-refractivity contribution < 1.29 is 18.0 Å². The quantitative estimate of drug-likeness (QED) is 0.170. The van der Waals surface area contributed by atoms with Gasteiger partial charge in [-0.25, -0.2) is 8.42 Å². The van der Waals surface area contributed by atoms with Gasteiger partial charge in [-0.15, -0.1) is 0 Å². The Balaban J connectivity index is 1.81. The molecule has 1 N–H and O–H groups in total. The van der Waals surface area contributed by atoms with Crippen LogP contribution in [-0.2, 0) is 32.6 Å². The number of carbonyl (C=O) groups excluding carboxylic acids is 2. The predicted octanol–water partition coefficient (Wildman–Crippen LogP) is 6.67. The molecule has 0 aliphatic rings. The van der Waals surface area contributed by atoms with Crippen LogP contribution in [0, 0.1) is 19.8 Å². The van der Waals surface area contributed by atoms with Crippen molar-refractivity contribution in [2.75, 3.05) is 17.4 Å². The number of hydrogen-bond acceptors (Lipinski definition) is 4. The number of hydrogen-bond donors (Lipinski definition) is 1. The number of amides is 2. The second kappa shape index (κ2) is 15.4. The summed E-state index contributed by atoms with van der Waals surface area (Å²) < 4.78 is 30.3. The number of benzene rings is 4. The lowest BCUT2D eigenvalue weighted by Crippen LogP contribution is -2.53. The Bertz CT molecular complexity index is 1680. The maximum Gasteiger partial charge on any atom is 0.264 e. The topological polar surface area (TPSA) is 86.8 Å². The minimum atomic E-state index is -4.14. The van der Waals surface area contributed by atoms with Crippen molar-refractivity contribution in [3.05, 3.63) is 130 Å². The molecular formula is C36H40BrN3O4S. The smallest absolute Gasteiger partial charge is 0.264 e. The largest absolute Gasteiger partial charge is 0.354 e. The molecule has 236 valence electrons. The predicted molar refractivity (Wildman–Crippen MR) is 183 cm³/mol. The first-order valence-corrected chi connectivity index (χ1v) is 17.2. The van der Waals surface area contributed by atoms with Crippen molar-refractivity contribution in [1.29, 1.82) is 0 Å². The fourth-order valence-corrected chi connectivity index (χ4v) is 6.79. The molecule has 0 unspecified atom stereocenters. The highest BCUT2D eigenvalue weighted by molar-refractivity contribution is 9.10. The highest BCUT2D eigenvalue weighted by Gasteiger charge is 2.34. The summed E-state index contributed by atoms with van der Waals surface area (Å²) in [5.74, 6) is -0.572. The van der Waals surface area contributed by atoms with Crippen molar-refractivity contribution in [3.63, 3.8) is 0 Å². The van der Waals surface area contributed by atoms with Crippen molar-refractivity contribution in [2.45, 2.75) is 51.6 Å². The van der Waals surface area contributed by atoms with E-state index in [2.05, 4.69) is 21.2 Å². The molecule has 0 radical (unpaired) electrons. The molecule has 0 aliphatic heterocycles. The Kier molecular flexibility index (Phi) is 11.6. The Labute approximate surface area is 275 Å². The molecule has 45 heavy (non-hydrogen) atoms. The molecule has 1 atom stereocenters. The summed E-state index contributed by atoms with van der Waals surface area (Å²) in [4.78, 5) is 30.0. The summed E-state index contributed by atoms with van der Waals surface area (Å²) in [6, 6.07) is 29.8. The van der Waals surface area contributed by atoms with Crippen LogP contribution in [0.1, 0.15) is 36.1 Å². The van der Waals surface area contributed by atoms with E-state index in [1.54, 1.807) is 30.3 Å². The van der Waals surface area contributed by atoms with Gasteiger partial charge in [-0.1, -0.05) is 96.5 Å². The molecule has 0 saturated heterocycles. The van der Waals surface area contributed by atoms with E-state index in [1.165, 1.54) is 17.0 Å². The molecule has 0 bridgehead atoms. The highest BCUT2D eigenvalue weighted by atomic mass is 79.9. The lowest BCUT2D eigenvalue weighted by molar-refractivity contribution is -0.140. The van der Waals surface area contributed by atoms with E-state index in [1.807, 2.05) is 88.4 Å². The van der Waals surface area contributed by atoms with Gasteiger partial charge in [0.25, 0.3) is 10.0 Å². The van der Waals surface area contributed by atoms with Crippen molar-refractivity contribution in [2.24, 2.45) is 5.92 Å². The van der Waals surface area contributed by atoms with Crippen LogP contribution in [0.15, 0.2) is 112 Å². The molecule has 0 fully saturated rings. The number of nitrogens with zero attached hydrogens (tertiary/aromatic N) is 2. The number of rotatable bonds is 13. The van der Waals surface area contributed by atoms with E-state index in [9.17, 15) is 18.0 Å². The zero-order chi connectivity index (χ0) is 32.6. The third-order valence-electron chi connectivity index (χ3n) is 7.33. The molecule has 0 saturated carbocycles. The zero-order valence-corrected chi connectivity index (χ0v) is 28.5. The second-order valence-corrected chi connectivity index (χ2v) is 14.4. The fourth-order valence-electron chi connectivity index (χ4n) is 5.11. The monoisotopic (exact) mass is 689 g/mol. The molecule has 4 rings (SSSR count). The van der Waals surface area contributed by atoms with Gasteiger partial charge in [-0.2, -0.15) is 0 Å². The van der Waals surface area contributed by atoms with Crippen LogP contribution in [0.5, 0.6) is 0 Å². The van der Waals surface area contributed by atoms with Crippen molar-refractivity contribution in [3.8, 4) is 0 Å². The number of halogens is 1. The summed E-state index contributed by atoms with van der Waals surface area (Å²) in [5.41, 5.74) is 3.82. The molecular weight excluding hydrogens is 650 g/mol. The Morgan fingerprint density at radius 2 is 1.38 bits per heavy atom. The maximum atomic E-state index is 14.6. The third-order valence-corrected chi connectivity index (χ3v) is 9.64. The summed E-state index contributed by atoms with van der Waals surface area (Å²) >= 11 is 3.47. The van der Waals surface area contributed by atoms with Crippen molar-refractivity contribution in [1.82, 2.24) is 10.2 Å². The van der Waals surface area contributed by atoms with Crippen LogP contribution < -0.4 is 9.62 Å².